The highest BCUT2D eigenvalue weighted by atomic mass is 32.1. The summed E-state index contributed by atoms with van der Waals surface area (Å²) in [6.45, 7) is 3.89. The third-order valence-electron chi connectivity index (χ3n) is 3.43. The lowest BCUT2D eigenvalue weighted by atomic mass is 10.2. The van der Waals surface area contributed by atoms with Crippen molar-refractivity contribution in [2.24, 2.45) is 4.99 Å². The molecule has 0 aliphatic heterocycles. The zero-order valence-corrected chi connectivity index (χ0v) is 14.0. The molecule has 0 saturated carbocycles. The van der Waals surface area contributed by atoms with Crippen LogP contribution in [0.1, 0.15) is 5.56 Å². The first-order valence-corrected chi connectivity index (χ1v) is 8.31. The number of amides is 1. The fourth-order valence-electron chi connectivity index (χ4n) is 2.38. The van der Waals surface area contributed by atoms with Gasteiger partial charge in [0, 0.05) is 18.7 Å². The number of thiazole rings is 1. The SMILES string of the molecule is C=CCn1c(=NC(=O)C=Cc2ccccc2)sc2cc(F)cc(F)c21. The van der Waals surface area contributed by atoms with Crippen LogP contribution >= 0.6 is 11.3 Å². The van der Waals surface area contributed by atoms with Crippen LogP contribution < -0.4 is 4.80 Å². The molecule has 6 heteroatoms. The second-order valence-corrected chi connectivity index (χ2v) is 6.22. The lowest BCUT2D eigenvalue weighted by Gasteiger charge is -2.01. The van der Waals surface area contributed by atoms with Crippen molar-refractivity contribution in [3.05, 3.63) is 83.2 Å². The van der Waals surface area contributed by atoms with Gasteiger partial charge in [-0.2, -0.15) is 4.99 Å². The van der Waals surface area contributed by atoms with Crippen LogP contribution in [0.15, 0.2) is 66.2 Å². The Hall–Kier alpha value is -2.86. The molecule has 0 unspecified atom stereocenters. The number of allylic oxidation sites excluding steroid dienone is 1. The molecule has 0 saturated heterocycles. The van der Waals surface area contributed by atoms with E-state index in [2.05, 4.69) is 11.6 Å². The van der Waals surface area contributed by atoms with Gasteiger partial charge in [0.05, 0.1) is 10.2 Å². The Morgan fingerprint density at radius 3 is 2.72 bits per heavy atom. The van der Waals surface area contributed by atoms with Gasteiger partial charge in [0.15, 0.2) is 10.6 Å². The Labute approximate surface area is 146 Å². The van der Waals surface area contributed by atoms with E-state index in [-0.39, 0.29) is 12.1 Å². The van der Waals surface area contributed by atoms with Crippen LogP contribution in [0.25, 0.3) is 16.3 Å². The van der Waals surface area contributed by atoms with Gasteiger partial charge in [0.2, 0.25) is 0 Å². The number of carbonyl (C=O) groups is 1. The minimum absolute atomic E-state index is 0.213. The van der Waals surface area contributed by atoms with Gasteiger partial charge in [-0.3, -0.25) is 4.79 Å². The van der Waals surface area contributed by atoms with Crippen LogP contribution in [0, 0.1) is 11.6 Å². The average molecular weight is 356 g/mol. The van der Waals surface area contributed by atoms with Crippen LogP contribution in [0.4, 0.5) is 8.78 Å². The number of rotatable bonds is 4. The summed E-state index contributed by atoms with van der Waals surface area (Å²) in [5.41, 5.74) is 1.08. The second-order valence-electron chi connectivity index (χ2n) is 5.21. The molecule has 1 amide bonds. The zero-order chi connectivity index (χ0) is 17.8. The monoisotopic (exact) mass is 356 g/mol. The quantitative estimate of drug-likeness (QED) is 0.507. The maximum atomic E-state index is 14.1. The van der Waals surface area contributed by atoms with Crippen molar-refractivity contribution in [2.45, 2.75) is 6.54 Å². The average Bonchev–Trinajstić information content (AvgIpc) is 2.91. The van der Waals surface area contributed by atoms with Crippen molar-refractivity contribution in [3.63, 3.8) is 0 Å². The maximum absolute atomic E-state index is 14.1. The molecule has 0 N–H and O–H groups in total. The fourth-order valence-corrected chi connectivity index (χ4v) is 3.46. The van der Waals surface area contributed by atoms with Gasteiger partial charge in [-0.25, -0.2) is 8.78 Å². The van der Waals surface area contributed by atoms with Gasteiger partial charge in [0.25, 0.3) is 5.91 Å². The first-order valence-electron chi connectivity index (χ1n) is 7.49. The van der Waals surface area contributed by atoms with Gasteiger partial charge in [-0.05, 0) is 17.7 Å². The Bertz CT molecular complexity index is 1030. The highest BCUT2D eigenvalue weighted by Gasteiger charge is 2.12. The van der Waals surface area contributed by atoms with Gasteiger partial charge >= 0.3 is 0 Å². The second kappa shape index (κ2) is 7.36. The molecule has 126 valence electrons. The van der Waals surface area contributed by atoms with Crippen molar-refractivity contribution in [3.8, 4) is 0 Å². The van der Waals surface area contributed by atoms with E-state index in [9.17, 15) is 13.6 Å². The van der Waals surface area contributed by atoms with E-state index in [1.54, 1.807) is 12.2 Å². The van der Waals surface area contributed by atoms with E-state index in [0.29, 0.717) is 9.50 Å². The standard InChI is InChI=1S/C19H14F2N2OS/c1-2-10-23-18-15(21)11-14(20)12-16(18)25-19(23)22-17(24)9-8-13-6-4-3-5-7-13/h2-9,11-12H,1,10H2. The van der Waals surface area contributed by atoms with Crippen molar-refractivity contribution in [2.75, 3.05) is 0 Å². The molecule has 25 heavy (non-hydrogen) atoms. The summed E-state index contributed by atoms with van der Waals surface area (Å²) in [7, 11) is 0. The molecule has 3 nitrogen and oxygen atoms in total. The predicted octanol–water partition coefficient (Wildman–Crippen LogP) is 4.31. The van der Waals surface area contributed by atoms with Crippen molar-refractivity contribution in [1.82, 2.24) is 4.57 Å². The zero-order valence-electron chi connectivity index (χ0n) is 13.2. The van der Waals surface area contributed by atoms with Gasteiger partial charge in [-0.15, -0.1) is 6.58 Å². The Balaban J connectivity index is 2.04. The minimum Gasteiger partial charge on any atom is -0.310 e. The molecule has 0 atom stereocenters. The number of aromatic nitrogens is 1. The molecule has 0 aliphatic rings. The summed E-state index contributed by atoms with van der Waals surface area (Å²) >= 11 is 1.06. The topological polar surface area (TPSA) is 34.4 Å². The summed E-state index contributed by atoms with van der Waals surface area (Å²) in [6.07, 6.45) is 4.56. The van der Waals surface area contributed by atoms with Gasteiger partial charge in [-0.1, -0.05) is 47.7 Å². The molecule has 0 aliphatic carbocycles. The highest BCUT2D eigenvalue weighted by molar-refractivity contribution is 7.16. The summed E-state index contributed by atoms with van der Waals surface area (Å²) in [5.74, 6) is -1.84. The van der Waals surface area contributed by atoms with Gasteiger partial charge < -0.3 is 4.57 Å². The van der Waals surface area contributed by atoms with E-state index < -0.39 is 17.5 Å². The number of nitrogens with zero attached hydrogens (tertiary/aromatic N) is 2. The summed E-state index contributed by atoms with van der Waals surface area (Å²) in [6, 6.07) is 11.4. The molecule has 0 radical (unpaired) electrons. The van der Waals surface area contributed by atoms with Gasteiger partial charge in [0.1, 0.15) is 5.82 Å². The summed E-state index contributed by atoms with van der Waals surface area (Å²) in [5, 5.41) is 0. The molecule has 3 rings (SSSR count). The molecule has 2 aromatic carbocycles. The van der Waals surface area contributed by atoms with Crippen molar-refractivity contribution < 1.29 is 13.6 Å². The first kappa shape index (κ1) is 17.0. The summed E-state index contributed by atoms with van der Waals surface area (Å²) in [4.78, 5) is 16.4. The third-order valence-corrected chi connectivity index (χ3v) is 4.46. The largest absolute Gasteiger partial charge is 0.310 e. The Kier molecular flexibility index (Phi) is 5.00. The van der Waals surface area contributed by atoms with Crippen LogP contribution in [0.5, 0.6) is 0 Å². The van der Waals surface area contributed by atoms with Crippen molar-refractivity contribution >= 4 is 33.5 Å². The molecular formula is C19H14F2N2OS. The van der Waals surface area contributed by atoms with Crippen LogP contribution in [0.3, 0.4) is 0 Å². The number of carbonyl (C=O) groups excluding carboxylic acids is 1. The van der Waals surface area contributed by atoms with Crippen molar-refractivity contribution in [1.29, 1.82) is 0 Å². The lowest BCUT2D eigenvalue weighted by molar-refractivity contribution is -0.113. The number of hydrogen-bond acceptors (Lipinski definition) is 2. The minimum atomic E-state index is -0.693. The van der Waals surface area contributed by atoms with E-state index in [4.69, 9.17) is 0 Å². The Morgan fingerprint density at radius 1 is 1.24 bits per heavy atom. The van der Waals surface area contributed by atoms with E-state index in [1.165, 1.54) is 16.7 Å². The number of halogens is 2. The Morgan fingerprint density at radius 2 is 2.00 bits per heavy atom. The summed E-state index contributed by atoms with van der Waals surface area (Å²) < 4.78 is 29.4. The molecule has 0 bridgehead atoms. The van der Waals surface area contributed by atoms with E-state index in [1.807, 2.05) is 30.3 Å². The normalized spacial score (nSPS) is 12.2. The van der Waals surface area contributed by atoms with Crippen LogP contribution in [-0.2, 0) is 11.3 Å². The first-order chi connectivity index (χ1) is 12.1. The third kappa shape index (κ3) is 3.80. The highest BCUT2D eigenvalue weighted by Crippen LogP contribution is 2.22. The van der Waals surface area contributed by atoms with Crippen LogP contribution in [-0.4, -0.2) is 10.5 Å². The smallest absolute Gasteiger partial charge is 0.272 e. The fraction of sp³-hybridized carbons (Fsp3) is 0.0526. The maximum Gasteiger partial charge on any atom is 0.272 e. The molecule has 1 heterocycles. The number of fused-ring (bicyclic) bond motifs is 1. The number of hydrogen-bond donors (Lipinski definition) is 0. The molecule has 0 spiro atoms. The van der Waals surface area contributed by atoms with E-state index >= 15 is 0 Å². The van der Waals surface area contributed by atoms with Crippen LogP contribution in [0.2, 0.25) is 0 Å². The molecule has 0 fully saturated rings. The van der Waals surface area contributed by atoms with E-state index in [0.717, 1.165) is 23.0 Å². The molecule has 1 aromatic heterocycles. The lowest BCUT2D eigenvalue weighted by Crippen LogP contribution is -2.16. The molecular weight excluding hydrogens is 342 g/mol. The predicted molar refractivity (Wildman–Crippen MR) is 96.0 cm³/mol. The molecule has 3 aromatic rings. The number of benzene rings is 2.